The van der Waals surface area contributed by atoms with Crippen molar-refractivity contribution in [2.75, 3.05) is 19.7 Å². The van der Waals surface area contributed by atoms with Gasteiger partial charge in [-0.3, -0.25) is 4.79 Å². The molecule has 1 saturated carbocycles. The van der Waals surface area contributed by atoms with Crippen molar-refractivity contribution in [3.63, 3.8) is 0 Å². The highest BCUT2D eigenvalue weighted by Gasteiger charge is 2.36. The van der Waals surface area contributed by atoms with E-state index in [1.165, 1.54) is 31.0 Å². The molecule has 2 aliphatic rings. The monoisotopic (exact) mass is 349 g/mol. The lowest BCUT2D eigenvalue weighted by Gasteiger charge is -2.30. The molecule has 3 amide bonds. The van der Waals surface area contributed by atoms with Gasteiger partial charge in [-0.05, 0) is 43.7 Å². The molecule has 1 aliphatic heterocycles. The second-order valence-electron chi connectivity index (χ2n) is 6.60. The molecule has 1 aromatic carbocycles. The molecule has 0 bridgehead atoms. The highest BCUT2D eigenvalue weighted by atomic mass is 19.1. The van der Waals surface area contributed by atoms with Gasteiger partial charge < -0.3 is 20.7 Å². The standard InChI is InChI=1S/C18H24FN3O3/c19-15-4-2-1-3-14(15)17(23)20-8-9-21-18(24)22-13-7-10-25-16(11-13)12-5-6-12/h1-4,12-13,16H,5-11H2,(H,20,23)(H2,21,22,24)/t13-,16+/m0/s1. The minimum atomic E-state index is -0.560. The van der Waals surface area contributed by atoms with E-state index in [9.17, 15) is 14.0 Å². The fourth-order valence-corrected chi connectivity index (χ4v) is 3.08. The Kier molecular flexibility index (Phi) is 5.86. The molecule has 3 N–H and O–H groups in total. The van der Waals surface area contributed by atoms with E-state index in [2.05, 4.69) is 16.0 Å². The largest absolute Gasteiger partial charge is 0.378 e. The Morgan fingerprint density at radius 1 is 1.12 bits per heavy atom. The van der Waals surface area contributed by atoms with Gasteiger partial charge in [0, 0.05) is 25.7 Å². The highest BCUT2D eigenvalue weighted by molar-refractivity contribution is 5.94. The van der Waals surface area contributed by atoms with Crippen LogP contribution in [0.4, 0.5) is 9.18 Å². The molecule has 6 nitrogen and oxygen atoms in total. The predicted octanol–water partition coefficient (Wildman–Crippen LogP) is 1.81. The molecule has 2 atom stereocenters. The Balaban J connectivity index is 1.32. The summed E-state index contributed by atoms with van der Waals surface area (Å²) in [6.45, 7) is 1.20. The minimum absolute atomic E-state index is 0.000255. The lowest BCUT2D eigenvalue weighted by Crippen LogP contribution is -2.48. The summed E-state index contributed by atoms with van der Waals surface area (Å²) in [6, 6.07) is 5.68. The minimum Gasteiger partial charge on any atom is -0.378 e. The molecule has 25 heavy (non-hydrogen) atoms. The summed E-state index contributed by atoms with van der Waals surface area (Å²) in [6.07, 6.45) is 4.42. The first-order valence-corrected chi connectivity index (χ1v) is 8.82. The van der Waals surface area contributed by atoms with Gasteiger partial charge >= 0.3 is 6.03 Å². The maximum atomic E-state index is 13.5. The van der Waals surface area contributed by atoms with Crippen molar-refractivity contribution < 1.29 is 18.7 Å². The summed E-state index contributed by atoms with van der Waals surface area (Å²) in [5.74, 6) is -0.381. The van der Waals surface area contributed by atoms with Crippen LogP contribution < -0.4 is 16.0 Å². The van der Waals surface area contributed by atoms with Gasteiger partial charge in [0.15, 0.2) is 0 Å². The van der Waals surface area contributed by atoms with Crippen molar-refractivity contribution in [2.24, 2.45) is 5.92 Å². The van der Waals surface area contributed by atoms with Gasteiger partial charge in [-0.25, -0.2) is 9.18 Å². The molecule has 1 aliphatic carbocycles. The maximum absolute atomic E-state index is 13.5. The van der Waals surface area contributed by atoms with E-state index in [0.29, 0.717) is 12.5 Å². The molecule has 136 valence electrons. The van der Waals surface area contributed by atoms with E-state index >= 15 is 0 Å². The van der Waals surface area contributed by atoms with Crippen LogP contribution in [0.2, 0.25) is 0 Å². The van der Waals surface area contributed by atoms with Gasteiger partial charge in [0.2, 0.25) is 0 Å². The Morgan fingerprint density at radius 2 is 1.88 bits per heavy atom. The molecule has 0 aromatic heterocycles. The first-order valence-electron chi connectivity index (χ1n) is 8.82. The highest BCUT2D eigenvalue weighted by Crippen LogP contribution is 2.38. The van der Waals surface area contributed by atoms with Crippen molar-refractivity contribution in [3.8, 4) is 0 Å². The second-order valence-corrected chi connectivity index (χ2v) is 6.60. The molecule has 0 unspecified atom stereocenters. The molecule has 3 rings (SSSR count). The summed E-state index contributed by atoms with van der Waals surface area (Å²) < 4.78 is 19.2. The SMILES string of the molecule is O=C(NCCNC(=O)c1ccccc1F)N[C@H]1CCO[C@@H](C2CC2)C1. The number of rotatable bonds is 6. The van der Waals surface area contributed by atoms with Crippen molar-refractivity contribution >= 4 is 11.9 Å². The van der Waals surface area contributed by atoms with Gasteiger partial charge in [-0.15, -0.1) is 0 Å². The molecule has 2 fully saturated rings. The van der Waals surface area contributed by atoms with Gasteiger partial charge in [0.05, 0.1) is 11.7 Å². The zero-order valence-corrected chi connectivity index (χ0v) is 14.1. The number of nitrogens with one attached hydrogen (secondary N) is 3. The van der Waals surface area contributed by atoms with E-state index in [-0.39, 0.29) is 36.8 Å². The van der Waals surface area contributed by atoms with Crippen molar-refractivity contribution in [1.29, 1.82) is 0 Å². The van der Waals surface area contributed by atoms with Crippen molar-refractivity contribution in [1.82, 2.24) is 16.0 Å². The lowest BCUT2D eigenvalue weighted by atomic mass is 10.0. The molecule has 0 radical (unpaired) electrons. The summed E-state index contributed by atoms with van der Waals surface area (Å²) in [7, 11) is 0. The van der Waals surface area contributed by atoms with Crippen LogP contribution in [-0.4, -0.2) is 43.8 Å². The zero-order valence-electron chi connectivity index (χ0n) is 14.1. The molecule has 0 spiro atoms. The fourth-order valence-electron chi connectivity index (χ4n) is 3.08. The normalized spacial score (nSPS) is 22.9. The van der Waals surface area contributed by atoms with E-state index in [1.807, 2.05) is 0 Å². The zero-order chi connectivity index (χ0) is 17.6. The molecule has 7 heteroatoms. The number of urea groups is 1. The fraction of sp³-hybridized carbons (Fsp3) is 0.556. The van der Waals surface area contributed by atoms with E-state index in [0.717, 1.165) is 12.8 Å². The molecular formula is C18H24FN3O3. The Bertz CT molecular complexity index is 621. The molecule has 1 saturated heterocycles. The number of hydrogen-bond donors (Lipinski definition) is 3. The van der Waals surface area contributed by atoms with Gasteiger partial charge in [0.25, 0.3) is 5.91 Å². The molecule has 1 aromatic rings. The van der Waals surface area contributed by atoms with Gasteiger partial charge in [-0.2, -0.15) is 0 Å². The van der Waals surface area contributed by atoms with Gasteiger partial charge in [-0.1, -0.05) is 12.1 Å². The average molecular weight is 349 g/mol. The number of halogens is 1. The third kappa shape index (κ3) is 5.16. The second kappa shape index (κ2) is 8.29. The topological polar surface area (TPSA) is 79.5 Å². The maximum Gasteiger partial charge on any atom is 0.315 e. The predicted molar refractivity (Wildman–Crippen MR) is 90.8 cm³/mol. The van der Waals surface area contributed by atoms with Crippen LogP contribution in [0, 0.1) is 11.7 Å². The third-order valence-electron chi connectivity index (χ3n) is 4.61. The number of hydrogen-bond acceptors (Lipinski definition) is 3. The van der Waals surface area contributed by atoms with Crippen LogP contribution in [0.5, 0.6) is 0 Å². The lowest BCUT2D eigenvalue weighted by molar-refractivity contribution is -0.00913. The summed E-state index contributed by atoms with van der Waals surface area (Å²) in [4.78, 5) is 23.8. The number of benzene rings is 1. The Labute approximate surface area is 146 Å². The van der Waals surface area contributed by atoms with Crippen molar-refractivity contribution in [3.05, 3.63) is 35.6 Å². The van der Waals surface area contributed by atoms with Crippen LogP contribution in [0.25, 0.3) is 0 Å². The van der Waals surface area contributed by atoms with Crippen LogP contribution in [0.1, 0.15) is 36.0 Å². The Morgan fingerprint density at radius 3 is 2.64 bits per heavy atom. The van der Waals surface area contributed by atoms with Crippen molar-refractivity contribution in [2.45, 2.75) is 37.8 Å². The third-order valence-corrected chi connectivity index (χ3v) is 4.61. The van der Waals surface area contributed by atoms with Crippen LogP contribution in [0.3, 0.4) is 0 Å². The number of carbonyl (C=O) groups is 2. The smallest absolute Gasteiger partial charge is 0.315 e. The van der Waals surface area contributed by atoms with Crippen LogP contribution >= 0.6 is 0 Å². The first-order chi connectivity index (χ1) is 12.1. The van der Waals surface area contributed by atoms with Crippen LogP contribution in [0.15, 0.2) is 24.3 Å². The van der Waals surface area contributed by atoms with Gasteiger partial charge in [0.1, 0.15) is 5.82 Å². The molecule has 1 heterocycles. The average Bonchev–Trinajstić information content (AvgIpc) is 3.44. The van der Waals surface area contributed by atoms with E-state index in [4.69, 9.17) is 4.74 Å². The molecular weight excluding hydrogens is 325 g/mol. The summed E-state index contributed by atoms with van der Waals surface area (Å²) in [5, 5.41) is 8.26. The summed E-state index contributed by atoms with van der Waals surface area (Å²) >= 11 is 0. The summed E-state index contributed by atoms with van der Waals surface area (Å²) in [5.41, 5.74) is 0.000255. The van der Waals surface area contributed by atoms with E-state index in [1.54, 1.807) is 6.07 Å². The Hall–Kier alpha value is -2.15. The number of amides is 3. The quantitative estimate of drug-likeness (QED) is 0.686. The first kappa shape index (κ1) is 17.7. The van der Waals surface area contributed by atoms with Crippen LogP contribution in [-0.2, 0) is 4.74 Å². The van der Waals surface area contributed by atoms with E-state index < -0.39 is 11.7 Å². The number of carbonyl (C=O) groups excluding carboxylic acids is 2. The number of ether oxygens (including phenoxy) is 1.